The van der Waals surface area contributed by atoms with Gasteiger partial charge in [-0.3, -0.25) is 0 Å². The van der Waals surface area contributed by atoms with Gasteiger partial charge in [-0.1, -0.05) is 18.7 Å². The average Bonchev–Trinajstić information content (AvgIpc) is 2.67. The monoisotopic (exact) mass is 366 g/mol. The maximum absolute atomic E-state index is 11.6. The predicted octanol–water partition coefficient (Wildman–Crippen LogP) is 1.82. The summed E-state index contributed by atoms with van der Waals surface area (Å²) in [6, 6.07) is 3.37. The first kappa shape index (κ1) is 21.5. The summed E-state index contributed by atoms with van der Waals surface area (Å²) in [5.74, 6) is 0.938. The highest BCUT2D eigenvalue weighted by molar-refractivity contribution is 5.87. The van der Waals surface area contributed by atoms with Crippen LogP contribution in [-0.2, 0) is 9.53 Å². The molecule has 0 spiro atoms. The van der Waals surface area contributed by atoms with Crippen molar-refractivity contribution in [3.63, 3.8) is 0 Å². The maximum atomic E-state index is 11.6. The fraction of sp³-hybridized carbons (Fsp3) is 0.421. The largest absolute Gasteiger partial charge is 0.496 e. The number of hydrogen-bond donors (Lipinski definition) is 2. The number of aliphatic hydroxyl groups excluding tert-OH is 2. The molecule has 1 aromatic rings. The number of carbonyl (C=O) groups excluding carboxylic acids is 1. The summed E-state index contributed by atoms with van der Waals surface area (Å²) in [6.07, 6.45) is 3.20. The van der Waals surface area contributed by atoms with Crippen LogP contribution in [0.4, 0.5) is 0 Å². The molecule has 0 aliphatic carbocycles. The lowest BCUT2D eigenvalue weighted by Crippen LogP contribution is -2.34. The molecule has 26 heavy (non-hydrogen) atoms. The van der Waals surface area contributed by atoms with Gasteiger partial charge in [-0.05, 0) is 6.92 Å². The van der Waals surface area contributed by atoms with Crippen molar-refractivity contribution in [2.75, 3.05) is 41.2 Å². The van der Waals surface area contributed by atoms with Crippen molar-refractivity contribution < 1.29 is 34.0 Å². The summed E-state index contributed by atoms with van der Waals surface area (Å²) >= 11 is 0. The van der Waals surface area contributed by atoms with E-state index in [0.717, 1.165) is 0 Å². The number of benzene rings is 1. The van der Waals surface area contributed by atoms with Gasteiger partial charge in [0.2, 0.25) is 0 Å². The lowest BCUT2D eigenvalue weighted by molar-refractivity contribution is -0.143. The first-order chi connectivity index (χ1) is 12.4. The second-order valence-corrected chi connectivity index (χ2v) is 5.81. The fourth-order valence-electron chi connectivity index (χ4n) is 2.08. The van der Waals surface area contributed by atoms with Crippen LogP contribution in [0.15, 0.2) is 30.4 Å². The van der Waals surface area contributed by atoms with E-state index >= 15 is 0 Å². The Hall–Kier alpha value is -2.51. The second-order valence-electron chi connectivity index (χ2n) is 5.81. The summed E-state index contributed by atoms with van der Waals surface area (Å²) in [7, 11) is 4.54. The molecule has 0 heterocycles. The van der Waals surface area contributed by atoms with Crippen LogP contribution >= 0.6 is 0 Å². The highest BCUT2D eigenvalue weighted by Crippen LogP contribution is 2.36. The first-order valence-electron chi connectivity index (χ1n) is 7.90. The summed E-state index contributed by atoms with van der Waals surface area (Å²) in [5.41, 5.74) is -0.341. The molecule has 1 aromatic carbocycles. The van der Waals surface area contributed by atoms with E-state index in [4.69, 9.17) is 18.9 Å². The number of hydrogen-bond acceptors (Lipinski definition) is 7. The van der Waals surface area contributed by atoms with Crippen LogP contribution in [0.1, 0.15) is 12.5 Å². The van der Waals surface area contributed by atoms with E-state index in [9.17, 15) is 15.0 Å². The molecule has 1 rings (SSSR count). The molecule has 0 aromatic heterocycles. The highest BCUT2D eigenvalue weighted by Gasteiger charge is 2.28. The minimum absolute atomic E-state index is 0.205. The molecule has 0 aliphatic rings. The van der Waals surface area contributed by atoms with Crippen molar-refractivity contribution in [1.82, 2.24) is 0 Å². The SMILES string of the molecule is C=C(C)C(=O)OCC(C=Cc1c(OC)cc(OC)cc1OC)(CO)CO. The van der Waals surface area contributed by atoms with Gasteiger partial charge in [0, 0.05) is 17.7 Å². The fourth-order valence-corrected chi connectivity index (χ4v) is 2.08. The van der Waals surface area contributed by atoms with E-state index in [0.29, 0.717) is 22.8 Å². The lowest BCUT2D eigenvalue weighted by Gasteiger charge is -2.26. The van der Waals surface area contributed by atoms with Gasteiger partial charge in [0.05, 0.1) is 45.5 Å². The van der Waals surface area contributed by atoms with Gasteiger partial charge in [0.1, 0.15) is 23.9 Å². The van der Waals surface area contributed by atoms with Crippen molar-refractivity contribution in [2.24, 2.45) is 5.41 Å². The van der Waals surface area contributed by atoms with E-state index in [2.05, 4.69) is 6.58 Å². The molecule has 0 atom stereocenters. The molecule has 7 nitrogen and oxygen atoms in total. The third kappa shape index (κ3) is 5.24. The Balaban J connectivity index is 3.20. The Morgan fingerprint density at radius 3 is 2.04 bits per heavy atom. The Labute approximate surface area is 153 Å². The average molecular weight is 366 g/mol. The smallest absolute Gasteiger partial charge is 0.333 e. The quantitative estimate of drug-likeness (QED) is 0.482. The van der Waals surface area contributed by atoms with Gasteiger partial charge in [-0.15, -0.1) is 0 Å². The second kappa shape index (κ2) is 9.84. The molecule has 0 fully saturated rings. The third-order valence-electron chi connectivity index (χ3n) is 3.83. The number of rotatable bonds is 10. The van der Waals surface area contributed by atoms with Crippen molar-refractivity contribution in [2.45, 2.75) is 6.92 Å². The van der Waals surface area contributed by atoms with Gasteiger partial charge in [-0.25, -0.2) is 4.79 Å². The third-order valence-corrected chi connectivity index (χ3v) is 3.83. The van der Waals surface area contributed by atoms with Crippen LogP contribution in [0, 0.1) is 5.41 Å². The molecule has 0 aliphatic heterocycles. The number of ether oxygens (including phenoxy) is 4. The van der Waals surface area contributed by atoms with Gasteiger partial charge in [-0.2, -0.15) is 0 Å². The van der Waals surface area contributed by atoms with Crippen LogP contribution in [0.3, 0.4) is 0 Å². The molecular formula is C19H26O7. The molecule has 144 valence electrons. The van der Waals surface area contributed by atoms with Crippen LogP contribution in [-0.4, -0.2) is 57.3 Å². The number of esters is 1. The van der Waals surface area contributed by atoms with Gasteiger partial charge in [0.15, 0.2) is 0 Å². The Bertz CT molecular complexity index is 635. The normalized spacial score (nSPS) is 11.3. The maximum Gasteiger partial charge on any atom is 0.333 e. The van der Waals surface area contributed by atoms with Crippen molar-refractivity contribution in [3.05, 3.63) is 35.9 Å². The standard InChI is InChI=1S/C19H26O7/c1-13(2)18(22)26-12-19(10-20,11-21)7-6-15-16(24-4)8-14(23-3)9-17(15)25-5/h6-9,20-21H,1,10-12H2,2-5H3. The van der Waals surface area contributed by atoms with Gasteiger partial charge >= 0.3 is 5.97 Å². The zero-order valence-electron chi connectivity index (χ0n) is 15.6. The van der Waals surface area contributed by atoms with Crippen LogP contribution in [0.25, 0.3) is 6.08 Å². The summed E-state index contributed by atoms with van der Waals surface area (Å²) in [5, 5.41) is 19.5. The summed E-state index contributed by atoms with van der Waals surface area (Å²) < 4.78 is 21.0. The molecule has 0 unspecified atom stereocenters. The first-order valence-corrected chi connectivity index (χ1v) is 7.90. The van der Waals surface area contributed by atoms with Crippen molar-refractivity contribution >= 4 is 12.0 Å². The Morgan fingerprint density at radius 1 is 1.12 bits per heavy atom. The molecule has 0 saturated carbocycles. The molecule has 7 heteroatoms. The molecule has 0 amide bonds. The summed E-state index contributed by atoms with van der Waals surface area (Å²) in [6.45, 7) is 3.96. The zero-order chi connectivity index (χ0) is 19.7. The minimum atomic E-state index is -1.17. The zero-order valence-corrected chi connectivity index (χ0v) is 15.6. The van der Waals surface area contributed by atoms with Crippen molar-refractivity contribution in [3.8, 4) is 17.2 Å². The van der Waals surface area contributed by atoms with E-state index < -0.39 is 24.6 Å². The Kier molecular flexibility index (Phi) is 8.15. The minimum Gasteiger partial charge on any atom is -0.496 e. The molecule has 0 radical (unpaired) electrons. The molecular weight excluding hydrogens is 340 g/mol. The van der Waals surface area contributed by atoms with Gasteiger partial charge < -0.3 is 29.2 Å². The lowest BCUT2D eigenvalue weighted by atomic mass is 9.89. The predicted molar refractivity (Wildman–Crippen MR) is 97.5 cm³/mol. The van der Waals surface area contributed by atoms with Crippen LogP contribution < -0.4 is 14.2 Å². The van der Waals surface area contributed by atoms with Gasteiger partial charge in [0.25, 0.3) is 0 Å². The molecule has 0 saturated heterocycles. The topological polar surface area (TPSA) is 94.5 Å². The highest BCUT2D eigenvalue weighted by atomic mass is 16.5. The van der Waals surface area contributed by atoms with Crippen LogP contribution in [0.2, 0.25) is 0 Å². The molecule has 2 N–H and O–H groups in total. The van der Waals surface area contributed by atoms with E-state index in [1.165, 1.54) is 28.3 Å². The molecule has 0 bridgehead atoms. The van der Waals surface area contributed by atoms with E-state index in [1.807, 2.05) is 0 Å². The number of methoxy groups -OCH3 is 3. The van der Waals surface area contributed by atoms with Crippen molar-refractivity contribution in [1.29, 1.82) is 0 Å². The van der Waals surface area contributed by atoms with E-state index in [-0.39, 0.29) is 12.2 Å². The van der Waals surface area contributed by atoms with Crippen LogP contribution in [0.5, 0.6) is 17.2 Å². The number of aliphatic hydroxyl groups is 2. The van der Waals surface area contributed by atoms with E-state index in [1.54, 1.807) is 24.3 Å². The number of carbonyl (C=O) groups is 1. The summed E-state index contributed by atoms with van der Waals surface area (Å²) in [4.78, 5) is 11.6. The Morgan fingerprint density at radius 2 is 1.65 bits per heavy atom.